The number of nitro benzene ring substituents is 1. The van der Waals surface area contributed by atoms with Crippen LogP contribution in [0.5, 0.6) is 0 Å². The van der Waals surface area contributed by atoms with Crippen LogP contribution in [0.25, 0.3) is 11.3 Å². The third-order valence-corrected chi connectivity index (χ3v) is 5.73. The highest BCUT2D eigenvalue weighted by atomic mass is 32.1. The zero-order valence-electron chi connectivity index (χ0n) is 16.6. The summed E-state index contributed by atoms with van der Waals surface area (Å²) in [5.74, 6) is 0. The topological polar surface area (TPSA) is 60.4 Å². The van der Waals surface area contributed by atoms with Gasteiger partial charge in [0, 0.05) is 24.1 Å². The van der Waals surface area contributed by atoms with E-state index in [9.17, 15) is 10.1 Å². The third-order valence-electron chi connectivity index (χ3n) is 4.86. The molecule has 0 amide bonds. The van der Waals surface area contributed by atoms with E-state index in [4.69, 9.17) is 4.99 Å². The highest BCUT2D eigenvalue weighted by Gasteiger charge is 2.11. The summed E-state index contributed by atoms with van der Waals surface area (Å²) in [6, 6.07) is 25.2. The lowest BCUT2D eigenvalue weighted by atomic mass is 10.1. The lowest BCUT2D eigenvalue weighted by Gasteiger charge is -2.10. The molecule has 4 rings (SSSR count). The van der Waals surface area contributed by atoms with Gasteiger partial charge in [-0.2, -0.15) is 0 Å². The number of non-ortho nitro benzene ring substituents is 1. The van der Waals surface area contributed by atoms with Crippen molar-refractivity contribution in [3.63, 3.8) is 0 Å². The van der Waals surface area contributed by atoms with E-state index < -0.39 is 0 Å². The van der Waals surface area contributed by atoms with E-state index in [1.165, 1.54) is 11.1 Å². The van der Waals surface area contributed by atoms with Gasteiger partial charge in [0.25, 0.3) is 5.69 Å². The maximum absolute atomic E-state index is 11.0. The lowest BCUT2D eigenvalue weighted by Crippen LogP contribution is -2.17. The molecule has 0 aliphatic carbocycles. The highest BCUT2D eigenvalue weighted by Crippen LogP contribution is 2.24. The molecule has 0 saturated carbocycles. The van der Waals surface area contributed by atoms with Crippen LogP contribution in [0.3, 0.4) is 0 Å². The van der Waals surface area contributed by atoms with E-state index in [1.54, 1.807) is 35.6 Å². The highest BCUT2D eigenvalue weighted by molar-refractivity contribution is 7.07. The van der Waals surface area contributed by atoms with Gasteiger partial charge in [-0.05, 0) is 54.3 Å². The molecule has 1 heterocycles. The number of thiazole rings is 1. The largest absolute Gasteiger partial charge is 0.316 e. The first-order valence-electron chi connectivity index (χ1n) is 9.68. The van der Waals surface area contributed by atoms with Crippen LogP contribution >= 0.6 is 11.3 Å². The standard InChI is InChI=1S/C24H21N3O2S/c1-18-6-5-9-21(16-18)25-24-26(15-14-19-7-3-2-4-8-19)23(17-30-24)20-10-12-22(13-11-20)27(28)29/h2-13,16-17H,14-15H2,1H3. The van der Waals surface area contributed by atoms with Gasteiger partial charge in [-0.1, -0.05) is 42.5 Å². The van der Waals surface area contributed by atoms with Gasteiger partial charge in [0.1, 0.15) is 0 Å². The van der Waals surface area contributed by atoms with Gasteiger partial charge in [0.15, 0.2) is 4.80 Å². The zero-order valence-corrected chi connectivity index (χ0v) is 17.4. The van der Waals surface area contributed by atoms with Crippen LogP contribution in [0.15, 0.2) is 89.2 Å². The fourth-order valence-electron chi connectivity index (χ4n) is 3.31. The van der Waals surface area contributed by atoms with Crippen molar-refractivity contribution in [2.45, 2.75) is 19.9 Å². The van der Waals surface area contributed by atoms with Gasteiger partial charge in [0.05, 0.1) is 16.3 Å². The lowest BCUT2D eigenvalue weighted by molar-refractivity contribution is -0.384. The first-order valence-corrected chi connectivity index (χ1v) is 10.6. The Labute approximate surface area is 178 Å². The fourth-order valence-corrected chi connectivity index (χ4v) is 4.27. The molecule has 0 fully saturated rings. The Morgan fingerprint density at radius 1 is 1.00 bits per heavy atom. The van der Waals surface area contributed by atoms with E-state index in [-0.39, 0.29) is 10.6 Å². The van der Waals surface area contributed by atoms with Crippen molar-refractivity contribution in [1.29, 1.82) is 0 Å². The minimum absolute atomic E-state index is 0.0921. The predicted molar refractivity (Wildman–Crippen MR) is 121 cm³/mol. The summed E-state index contributed by atoms with van der Waals surface area (Å²) in [4.78, 5) is 16.4. The first-order chi connectivity index (χ1) is 14.6. The van der Waals surface area contributed by atoms with Crippen molar-refractivity contribution in [3.05, 3.63) is 110 Å². The molecule has 0 saturated heterocycles. The number of aromatic nitrogens is 1. The van der Waals surface area contributed by atoms with E-state index in [1.807, 2.05) is 30.3 Å². The van der Waals surface area contributed by atoms with E-state index in [2.05, 4.69) is 41.1 Å². The normalized spacial score (nSPS) is 11.6. The Kier molecular flexibility index (Phi) is 5.86. The van der Waals surface area contributed by atoms with Gasteiger partial charge < -0.3 is 4.57 Å². The molecule has 3 aromatic carbocycles. The van der Waals surface area contributed by atoms with Crippen LogP contribution in [-0.4, -0.2) is 9.49 Å². The van der Waals surface area contributed by atoms with Crippen molar-refractivity contribution in [3.8, 4) is 11.3 Å². The molecule has 0 aliphatic heterocycles. The molecule has 4 aromatic rings. The average Bonchev–Trinajstić information content (AvgIpc) is 3.15. The van der Waals surface area contributed by atoms with Gasteiger partial charge in [-0.25, -0.2) is 4.99 Å². The molecule has 1 aromatic heterocycles. The summed E-state index contributed by atoms with van der Waals surface area (Å²) >= 11 is 1.58. The molecule has 0 spiro atoms. The van der Waals surface area contributed by atoms with Crippen molar-refractivity contribution < 1.29 is 4.92 Å². The Hall–Kier alpha value is -3.51. The summed E-state index contributed by atoms with van der Waals surface area (Å²) in [5, 5.41) is 13.1. The van der Waals surface area contributed by atoms with Gasteiger partial charge in [-0.15, -0.1) is 11.3 Å². The van der Waals surface area contributed by atoms with Crippen LogP contribution in [0.1, 0.15) is 11.1 Å². The molecule has 0 atom stereocenters. The van der Waals surface area contributed by atoms with E-state index in [0.29, 0.717) is 0 Å². The van der Waals surface area contributed by atoms with Crippen molar-refractivity contribution in [2.75, 3.05) is 0 Å². The molecule has 0 bridgehead atoms. The number of nitrogens with zero attached hydrogens (tertiary/aromatic N) is 3. The summed E-state index contributed by atoms with van der Waals surface area (Å²) in [7, 11) is 0. The molecular formula is C24H21N3O2S. The monoisotopic (exact) mass is 415 g/mol. The number of benzene rings is 3. The molecule has 6 heteroatoms. The number of hydrogen-bond donors (Lipinski definition) is 0. The summed E-state index contributed by atoms with van der Waals surface area (Å²) in [6.07, 6.45) is 0.874. The molecule has 0 N–H and O–H groups in total. The third kappa shape index (κ3) is 4.55. The zero-order chi connectivity index (χ0) is 20.9. The maximum atomic E-state index is 11.0. The molecule has 150 valence electrons. The van der Waals surface area contributed by atoms with Crippen molar-refractivity contribution in [2.24, 2.45) is 4.99 Å². The molecular weight excluding hydrogens is 394 g/mol. The number of hydrogen-bond acceptors (Lipinski definition) is 4. The molecule has 0 unspecified atom stereocenters. The smallest absolute Gasteiger partial charge is 0.269 e. The van der Waals surface area contributed by atoms with Crippen LogP contribution < -0.4 is 4.80 Å². The van der Waals surface area contributed by atoms with Crippen molar-refractivity contribution in [1.82, 2.24) is 4.57 Å². The van der Waals surface area contributed by atoms with Gasteiger partial charge in [0.2, 0.25) is 0 Å². The van der Waals surface area contributed by atoms with Crippen LogP contribution in [0, 0.1) is 17.0 Å². The molecule has 30 heavy (non-hydrogen) atoms. The molecule has 0 aliphatic rings. The number of aryl methyl sites for hydroxylation is 2. The first kappa shape index (κ1) is 19.8. The predicted octanol–water partition coefficient (Wildman–Crippen LogP) is 5.91. The second kappa shape index (κ2) is 8.88. The summed E-state index contributed by atoms with van der Waals surface area (Å²) < 4.78 is 2.20. The van der Waals surface area contributed by atoms with Crippen molar-refractivity contribution >= 4 is 22.7 Å². The average molecular weight is 416 g/mol. The second-order valence-corrected chi connectivity index (χ2v) is 7.88. The Morgan fingerprint density at radius 3 is 2.47 bits per heavy atom. The fraction of sp³-hybridized carbons (Fsp3) is 0.125. The quantitative estimate of drug-likeness (QED) is 0.290. The second-order valence-electron chi connectivity index (χ2n) is 7.05. The Bertz CT molecular complexity index is 1230. The Morgan fingerprint density at radius 2 is 1.77 bits per heavy atom. The minimum atomic E-state index is -0.376. The Balaban J connectivity index is 1.75. The molecule has 5 nitrogen and oxygen atoms in total. The van der Waals surface area contributed by atoms with Crippen LogP contribution in [-0.2, 0) is 13.0 Å². The van der Waals surface area contributed by atoms with E-state index >= 15 is 0 Å². The summed E-state index contributed by atoms with van der Waals surface area (Å²) in [5.41, 5.74) is 5.38. The number of nitro groups is 1. The SMILES string of the molecule is Cc1cccc(N=c2scc(-c3ccc([N+](=O)[O-])cc3)n2CCc2ccccc2)c1. The van der Waals surface area contributed by atoms with E-state index in [0.717, 1.165) is 34.7 Å². The summed E-state index contributed by atoms with van der Waals surface area (Å²) in [6.45, 7) is 2.82. The minimum Gasteiger partial charge on any atom is -0.316 e. The van der Waals surface area contributed by atoms with Crippen LogP contribution in [0.4, 0.5) is 11.4 Å². The van der Waals surface area contributed by atoms with Gasteiger partial charge >= 0.3 is 0 Å². The maximum Gasteiger partial charge on any atom is 0.269 e. The van der Waals surface area contributed by atoms with Gasteiger partial charge in [-0.3, -0.25) is 10.1 Å². The number of rotatable bonds is 6. The molecule has 0 radical (unpaired) electrons. The van der Waals surface area contributed by atoms with Crippen LogP contribution in [0.2, 0.25) is 0 Å².